The summed E-state index contributed by atoms with van der Waals surface area (Å²) in [5, 5.41) is 7.29. The molecule has 0 bridgehead atoms. The van der Waals surface area contributed by atoms with Gasteiger partial charge in [-0.2, -0.15) is 0 Å². The van der Waals surface area contributed by atoms with E-state index in [0.717, 1.165) is 47.6 Å². The normalized spacial score (nSPS) is 17.2. The monoisotopic (exact) mass is 408 g/mol. The first-order chi connectivity index (χ1) is 14.4. The summed E-state index contributed by atoms with van der Waals surface area (Å²) in [5.74, 6) is 1.93. The third-order valence-electron chi connectivity index (χ3n) is 5.32. The highest BCUT2D eigenvalue weighted by molar-refractivity contribution is 5.90. The van der Waals surface area contributed by atoms with Crippen molar-refractivity contribution in [2.75, 3.05) is 23.3 Å². The van der Waals surface area contributed by atoms with Gasteiger partial charge in [0.2, 0.25) is 5.91 Å². The summed E-state index contributed by atoms with van der Waals surface area (Å²) in [6.45, 7) is 6.94. The molecule has 0 saturated carbocycles. The molecule has 3 heterocycles. The van der Waals surface area contributed by atoms with Gasteiger partial charge in [-0.15, -0.1) is 0 Å². The Hall–Kier alpha value is -3.29. The molecule has 4 rings (SSSR count). The van der Waals surface area contributed by atoms with Crippen LogP contribution >= 0.6 is 0 Å². The fourth-order valence-corrected chi connectivity index (χ4v) is 3.83. The van der Waals surface area contributed by atoms with Gasteiger partial charge in [0, 0.05) is 37.5 Å². The molecule has 1 aliphatic rings. The zero-order valence-corrected chi connectivity index (χ0v) is 17.3. The van der Waals surface area contributed by atoms with Gasteiger partial charge < -0.3 is 15.5 Å². The summed E-state index contributed by atoms with van der Waals surface area (Å²) in [4.78, 5) is 27.2. The second kappa shape index (κ2) is 8.22. The van der Waals surface area contributed by atoms with Gasteiger partial charge in [-0.1, -0.05) is 12.1 Å². The van der Waals surface area contributed by atoms with Gasteiger partial charge in [0.1, 0.15) is 23.3 Å². The molecule has 0 radical (unpaired) electrons. The van der Waals surface area contributed by atoms with Crippen molar-refractivity contribution >= 4 is 28.4 Å². The van der Waals surface area contributed by atoms with Crippen molar-refractivity contribution in [3.63, 3.8) is 0 Å². The summed E-state index contributed by atoms with van der Waals surface area (Å²) >= 11 is 0. The van der Waals surface area contributed by atoms with E-state index >= 15 is 0 Å². The van der Waals surface area contributed by atoms with E-state index in [1.807, 2.05) is 19.9 Å². The number of fused-ring (bicyclic) bond motifs is 1. The first-order valence-electron chi connectivity index (χ1n) is 10.1. The van der Waals surface area contributed by atoms with E-state index in [9.17, 15) is 9.18 Å². The molecule has 156 valence electrons. The number of rotatable bonds is 5. The van der Waals surface area contributed by atoms with Crippen molar-refractivity contribution in [3.8, 4) is 0 Å². The Morgan fingerprint density at radius 3 is 2.77 bits per heavy atom. The Labute approximate surface area is 174 Å². The van der Waals surface area contributed by atoms with Crippen LogP contribution < -0.4 is 15.5 Å². The maximum Gasteiger partial charge on any atom is 0.217 e. The maximum atomic E-state index is 13.3. The molecule has 2 N–H and O–H groups in total. The number of nitrogens with one attached hydrogen (secondary N) is 2. The molecule has 7 nitrogen and oxygen atoms in total. The number of hydrogen-bond acceptors (Lipinski definition) is 6. The predicted octanol–water partition coefficient (Wildman–Crippen LogP) is 3.36. The minimum Gasteiger partial charge on any atom is -0.363 e. The molecule has 1 amide bonds. The molecule has 1 aliphatic heterocycles. The lowest BCUT2D eigenvalue weighted by Gasteiger charge is -2.20. The lowest BCUT2D eigenvalue weighted by Crippen LogP contribution is -2.35. The first kappa shape index (κ1) is 20.0. The van der Waals surface area contributed by atoms with E-state index in [1.54, 1.807) is 18.3 Å². The molecule has 0 aliphatic carbocycles. The van der Waals surface area contributed by atoms with E-state index < -0.39 is 0 Å². The first-order valence-corrected chi connectivity index (χ1v) is 10.1. The van der Waals surface area contributed by atoms with Crippen molar-refractivity contribution in [1.82, 2.24) is 20.3 Å². The van der Waals surface area contributed by atoms with Gasteiger partial charge in [-0.3, -0.25) is 4.79 Å². The van der Waals surface area contributed by atoms with Crippen LogP contribution in [0.3, 0.4) is 0 Å². The van der Waals surface area contributed by atoms with Gasteiger partial charge in [0.05, 0.1) is 11.7 Å². The van der Waals surface area contributed by atoms with Crippen LogP contribution in [0.2, 0.25) is 0 Å². The van der Waals surface area contributed by atoms with E-state index in [-0.39, 0.29) is 23.8 Å². The number of carbonyl (C=O) groups is 1. The molecule has 30 heavy (non-hydrogen) atoms. The predicted molar refractivity (Wildman–Crippen MR) is 115 cm³/mol. The van der Waals surface area contributed by atoms with E-state index in [4.69, 9.17) is 0 Å². The fourth-order valence-electron chi connectivity index (χ4n) is 3.83. The van der Waals surface area contributed by atoms with E-state index in [0.29, 0.717) is 5.82 Å². The lowest BCUT2D eigenvalue weighted by atomic mass is 10.1. The van der Waals surface area contributed by atoms with Gasteiger partial charge in [0.15, 0.2) is 0 Å². The number of aromatic nitrogens is 3. The van der Waals surface area contributed by atoms with E-state index in [2.05, 4.69) is 30.5 Å². The van der Waals surface area contributed by atoms with Crippen LogP contribution in [0.1, 0.15) is 37.7 Å². The van der Waals surface area contributed by atoms with Crippen molar-refractivity contribution in [1.29, 1.82) is 0 Å². The standard InChI is InChI=1S/C22H25FN6O/c1-13(16-4-6-17(23)7-5-16)25-22-19-10-21(24-11-20(19)26-14(2)27-22)29-9-8-18(12-29)28-15(3)30/h4-7,10-11,13,18H,8-9,12H2,1-3H3,(H,28,30)(H,25,26,27)/t13?,18-/m1/s1. The smallest absolute Gasteiger partial charge is 0.217 e. The Bertz CT molecular complexity index is 1070. The van der Waals surface area contributed by atoms with Crippen molar-refractivity contribution in [2.24, 2.45) is 0 Å². The molecule has 1 fully saturated rings. The number of anilines is 2. The second-order valence-corrected chi connectivity index (χ2v) is 7.73. The molecule has 3 aromatic rings. The Kier molecular flexibility index (Phi) is 5.48. The van der Waals surface area contributed by atoms with Gasteiger partial charge in [0.25, 0.3) is 0 Å². The van der Waals surface area contributed by atoms with Crippen LogP contribution in [0.4, 0.5) is 16.0 Å². The average molecular weight is 408 g/mol. The summed E-state index contributed by atoms with van der Waals surface area (Å²) < 4.78 is 13.3. The van der Waals surface area contributed by atoms with Gasteiger partial charge >= 0.3 is 0 Å². The molecular weight excluding hydrogens is 383 g/mol. The average Bonchev–Trinajstić information content (AvgIpc) is 3.16. The second-order valence-electron chi connectivity index (χ2n) is 7.73. The zero-order chi connectivity index (χ0) is 21.3. The molecule has 0 spiro atoms. The lowest BCUT2D eigenvalue weighted by molar-refractivity contribution is -0.119. The number of carbonyl (C=O) groups excluding carboxylic acids is 1. The Morgan fingerprint density at radius 2 is 2.03 bits per heavy atom. The number of hydrogen-bond donors (Lipinski definition) is 2. The van der Waals surface area contributed by atoms with Crippen LogP contribution in [0.5, 0.6) is 0 Å². The van der Waals surface area contributed by atoms with Crippen LogP contribution in [-0.4, -0.2) is 40.0 Å². The third kappa shape index (κ3) is 4.32. The van der Waals surface area contributed by atoms with Crippen LogP contribution in [0, 0.1) is 12.7 Å². The largest absolute Gasteiger partial charge is 0.363 e. The topological polar surface area (TPSA) is 83.0 Å². The number of halogens is 1. The molecular formula is C22H25FN6O. The third-order valence-corrected chi connectivity index (χ3v) is 5.32. The summed E-state index contributed by atoms with van der Waals surface area (Å²) in [5.41, 5.74) is 1.73. The molecule has 2 aromatic heterocycles. The van der Waals surface area contributed by atoms with Crippen molar-refractivity contribution in [2.45, 2.75) is 39.3 Å². The highest BCUT2D eigenvalue weighted by atomic mass is 19.1. The minimum absolute atomic E-state index is 0.0153. The van der Waals surface area contributed by atoms with Crippen LogP contribution in [-0.2, 0) is 4.79 Å². The highest BCUT2D eigenvalue weighted by Gasteiger charge is 2.24. The molecule has 2 atom stereocenters. The van der Waals surface area contributed by atoms with Gasteiger partial charge in [-0.25, -0.2) is 19.3 Å². The summed E-state index contributed by atoms with van der Waals surface area (Å²) in [7, 11) is 0. The SMILES string of the molecule is CC(=O)N[C@@H]1CCN(c2cc3c(NC(C)c4ccc(F)cc4)nc(C)nc3cn2)C1. The molecule has 1 saturated heterocycles. The van der Waals surface area contributed by atoms with Crippen molar-refractivity contribution < 1.29 is 9.18 Å². The van der Waals surface area contributed by atoms with Crippen LogP contribution in [0.25, 0.3) is 10.9 Å². The number of aryl methyl sites for hydroxylation is 1. The highest BCUT2D eigenvalue weighted by Crippen LogP contribution is 2.28. The number of amides is 1. The molecule has 8 heteroatoms. The Morgan fingerprint density at radius 1 is 1.27 bits per heavy atom. The van der Waals surface area contributed by atoms with E-state index in [1.165, 1.54) is 19.1 Å². The quantitative estimate of drug-likeness (QED) is 0.674. The number of pyridine rings is 1. The Balaban J connectivity index is 1.62. The van der Waals surface area contributed by atoms with Crippen molar-refractivity contribution in [3.05, 3.63) is 53.7 Å². The fraction of sp³-hybridized carbons (Fsp3) is 0.364. The van der Waals surface area contributed by atoms with Crippen LogP contribution in [0.15, 0.2) is 36.5 Å². The zero-order valence-electron chi connectivity index (χ0n) is 17.3. The maximum absolute atomic E-state index is 13.3. The number of nitrogens with zero attached hydrogens (tertiary/aromatic N) is 4. The number of benzene rings is 1. The van der Waals surface area contributed by atoms with Gasteiger partial charge in [-0.05, 0) is 44.0 Å². The minimum atomic E-state index is -0.256. The molecule has 1 unspecified atom stereocenters. The molecule has 1 aromatic carbocycles. The summed E-state index contributed by atoms with van der Waals surface area (Å²) in [6.07, 6.45) is 2.65. The summed E-state index contributed by atoms with van der Waals surface area (Å²) in [6, 6.07) is 8.51.